The quantitative estimate of drug-likeness (QED) is 0.846. The van der Waals surface area contributed by atoms with Gasteiger partial charge in [-0.15, -0.1) is 0 Å². The highest BCUT2D eigenvalue weighted by atomic mass is 35.5. The first-order valence-electron chi connectivity index (χ1n) is 5.98. The fourth-order valence-corrected chi connectivity index (χ4v) is 2.32. The summed E-state index contributed by atoms with van der Waals surface area (Å²) in [5.41, 5.74) is 1.31. The number of piperidine rings is 1. The van der Waals surface area contributed by atoms with Gasteiger partial charge in [0.1, 0.15) is 0 Å². The van der Waals surface area contributed by atoms with Crippen LogP contribution in [0.25, 0.3) is 0 Å². The van der Waals surface area contributed by atoms with Gasteiger partial charge in [0.15, 0.2) is 0 Å². The monoisotopic (exact) mass is 238 g/mol. The number of rotatable bonds is 3. The molecule has 1 atom stereocenters. The van der Waals surface area contributed by atoms with E-state index in [4.69, 9.17) is 11.6 Å². The van der Waals surface area contributed by atoms with Crippen molar-refractivity contribution < 1.29 is 0 Å². The van der Waals surface area contributed by atoms with Gasteiger partial charge >= 0.3 is 0 Å². The Morgan fingerprint density at radius 3 is 2.50 bits per heavy atom. The van der Waals surface area contributed by atoms with Gasteiger partial charge < -0.3 is 10.6 Å². The van der Waals surface area contributed by atoms with Crippen LogP contribution in [0.15, 0.2) is 24.3 Å². The number of benzene rings is 1. The molecular weight excluding hydrogens is 220 g/mol. The van der Waals surface area contributed by atoms with Crippen LogP contribution in [0.1, 0.15) is 31.4 Å². The highest BCUT2D eigenvalue weighted by molar-refractivity contribution is 6.30. The molecule has 0 unspecified atom stereocenters. The van der Waals surface area contributed by atoms with Crippen LogP contribution in [-0.2, 0) is 0 Å². The minimum absolute atomic E-state index is 0.403. The van der Waals surface area contributed by atoms with Gasteiger partial charge in [0.2, 0.25) is 0 Å². The zero-order chi connectivity index (χ0) is 11.4. The van der Waals surface area contributed by atoms with Crippen LogP contribution in [0.3, 0.4) is 0 Å². The lowest BCUT2D eigenvalue weighted by Crippen LogP contribution is -2.40. The molecule has 0 amide bonds. The maximum atomic E-state index is 5.88. The second-order valence-corrected chi connectivity index (χ2v) is 4.90. The summed E-state index contributed by atoms with van der Waals surface area (Å²) >= 11 is 5.88. The third-order valence-electron chi connectivity index (χ3n) is 3.19. The van der Waals surface area contributed by atoms with E-state index in [1.165, 1.54) is 18.4 Å². The molecule has 3 heteroatoms. The lowest BCUT2D eigenvalue weighted by atomic mass is 10.0. The van der Waals surface area contributed by atoms with Gasteiger partial charge in [-0.05, 0) is 50.6 Å². The zero-order valence-corrected chi connectivity index (χ0v) is 10.4. The summed E-state index contributed by atoms with van der Waals surface area (Å²) in [6.07, 6.45) is 2.44. The average molecular weight is 239 g/mol. The third-order valence-corrected chi connectivity index (χ3v) is 3.45. The SMILES string of the molecule is C[C@H](NC1CCNCC1)c1ccc(Cl)cc1. The Hall–Kier alpha value is -0.570. The molecule has 0 aliphatic carbocycles. The molecule has 2 nitrogen and oxygen atoms in total. The van der Waals surface area contributed by atoms with Crippen LogP contribution in [0.4, 0.5) is 0 Å². The first kappa shape index (κ1) is 11.9. The van der Waals surface area contributed by atoms with E-state index >= 15 is 0 Å². The van der Waals surface area contributed by atoms with E-state index in [1.54, 1.807) is 0 Å². The van der Waals surface area contributed by atoms with E-state index in [9.17, 15) is 0 Å². The lowest BCUT2D eigenvalue weighted by Gasteiger charge is -2.27. The molecule has 0 spiro atoms. The van der Waals surface area contributed by atoms with Crippen molar-refractivity contribution in [3.63, 3.8) is 0 Å². The Bertz CT molecular complexity index is 317. The molecule has 0 radical (unpaired) electrons. The minimum atomic E-state index is 0.403. The van der Waals surface area contributed by atoms with E-state index in [0.717, 1.165) is 18.1 Å². The number of halogens is 1. The summed E-state index contributed by atoms with van der Waals surface area (Å²) in [4.78, 5) is 0. The van der Waals surface area contributed by atoms with Gasteiger partial charge in [0.05, 0.1) is 0 Å². The van der Waals surface area contributed by atoms with Crippen molar-refractivity contribution in [2.24, 2.45) is 0 Å². The third kappa shape index (κ3) is 3.21. The second kappa shape index (κ2) is 5.67. The second-order valence-electron chi connectivity index (χ2n) is 4.46. The van der Waals surface area contributed by atoms with Gasteiger partial charge in [-0.25, -0.2) is 0 Å². The Kier molecular flexibility index (Phi) is 4.22. The minimum Gasteiger partial charge on any atom is -0.317 e. The molecule has 16 heavy (non-hydrogen) atoms. The smallest absolute Gasteiger partial charge is 0.0406 e. The van der Waals surface area contributed by atoms with Gasteiger partial charge in [0.25, 0.3) is 0 Å². The maximum absolute atomic E-state index is 5.88. The highest BCUT2D eigenvalue weighted by Gasteiger charge is 2.15. The largest absolute Gasteiger partial charge is 0.317 e. The maximum Gasteiger partial charge on any atom is 0.0406 e. The Balaban J connectivity index is 1.91. The molecule has 88 valence electrons. The number of nitrogens with one attached hydrogen (secondary N) is 2. The summed E-state index contributed by atoms with van der Waals surface area (Å²) in [7, 11) is 0. The highest BCUT2D eigenvalue weighted by Crippen LogP contribution is 2.17. The molecule has 0 saturated carbocycles. The fraction of sp³-hybridized carbons (Fsp3) is 0.538. The molecule has 1 fully saturated rings. The van der Waals surface area contributed by atoms with Crippen LogP contribution in [-0.4, -0.2) is 19.1 Å². The predicted molar refractivity (Wildman–Crippen MR) is 68.9 cm³/mol. The molecule has 1 aromatic carbocycles. The van der Waals surface area contributed by atoms with Crippen LogP contribution in [0.2, 0.25) is 5.02 Å². The van der Waals surface area contributed by atoms with Crippen LogP contribution < -0.4 is 10.6 Å². The van der Waals surface area contributed by atoms with Crippen molar-refractivity contribution in [2.75, 3.05) is 13.1 Å². The number of hydrogen-bond donors (Lipinski definition) is 2. The van der Waals surface area contributed by atoms with Gasteiger partial charge in [-0.3, -0.25) is 0 Å². The summed E-state index contributed by atoms with van der Waals surface area (Å²) in [5, 5.41) is 7.85. The van der Waals surface area contributed by atoms with Gasteiger partial charge in [-0.2, -0.15) is 0 Å². The molecule has 1 heterocycles. The standard InChI is InChI=1S/C13H19ClN2/c1-10(11-2-4-12(14)5-3-11)16-13-6-8-15-9-7-13/h2-5,10,13,15-16H,6-9H2,1H3/t10-/m0/s1. The van der Waals surface area contributed by atoms with Crippen LogP contribution in [0, 0.1) is 0 Å². The Morgan fingerprint density at radius 1 is 1.25 bits per heavy atom. The normalized spacial score (nSPS) is 19.6. The molecule has 1 aliphatic heterocycles. The molecule has 0 bridgehead atoms. The Labute approximate surface area is 102 Å². The van der Waals surface area contributed by atoms with Crippen LogP contribution in [0.5, 0.6) is 0 Å². The summed E-state index contributed by atoms with van der Waals surface area (Å²) in [6.45, 7) is 4.47. The van der Waals surface area contributed by atoms with Crippen molar-refractivity contribution in [2.45, 2.75) is 31.8 Å². The van der Waals surface area contributed by atoms with E-state index in [1.807, 2.05) is 12.1 Å². The molecule has 1 aromatic rings. The topological polar surface area (TPSA) is 24.1 Å². The fourth-order valence-electron chi connectivity index (χ4n) is 2.19. The summed E-state index contributed by atoms with van der Waals surface area (Å²) < 4.78 is 0. The molecule has 1 saturated heterocycles. The molecular formula is C13H19ClN2. The van der Waals surface area contributed by atoms with Crippen molar-refractivity contribution >= 4 is 11.6 Å². The van der Waals surface area contributed by atoms with E-state index in [2.05, 4.69) is 29.7 Å². The van der Waals surface area contributed by atoms with Crippen molar-refractivity contribution in [1.29, 1.82) is 0 Å². The van der Waals surface area contributed by atoms with Crippen LogP contribution >= 0.6 is 11.6 Å². The lowest BCUT2D eigenvalue weighted by molar-refractivity contribution is 0.359. The molecule has 2 rings (SSSR count). The molecule has 2 N–H and O–H groups in total. The van der Waals surface area contributed by atoms with E-state index in [0.29, 0.717) is 12.1 Å². The van der Waals surface area contributed by atoms with Gasteiger partial charge in [-0.1, -0.05) is 23.7 Å². The Morgan fingerprint density at radius 2 is 1.88 bits per heavy atom. The first-order valence-corrected chi connectivity index (χ1v) is 6.36. The first-order chi connectivity index (χ1) is 7.75. The molecule has 0 aromatic heterocycles. The van der Waals surface area contributed by atoms with Crippen molar-refractivity contribution in [1.82, 2.24) is 10.6 Å². The summed E-state index contributed by atoms with van der Waals surface area (Å²) in [5.74, 6) is 0. The predicted octanol–water partition coefficient (Wildman–Crippen LogP) is 2.74. The molecule has 1 aliphatic rings. The van der Waals surface area contributed by atoms with Crippen molar-refractivity contribution in [3.05, 3.63) is 34.9 Å². The van der Waals surface area contributed by atoms with Crippen molar-refractivity contribution in [3.8, 4) is 0 Å². The number of hydrogen-bond acceptors (Lipinski definition) is 2. The summed E-state index contributed by atoms with van der Waals surface area (Å²) in [6, 6.07) is 9.16. The van der Waals surface area contributed by atoms with Gasteiger partial charge in [0, 0.05) is 17.1 Å². The average Bonchev–Trinajstić information content (AvgIpc) is 2.31. The van der Waals surface area contributed by atoms with E-state index in [-0.39, 0.29) is 0 Å². The zero-order valence-electron chi connectivity index (χ0n) is 9.67. The van der Waals surface area contributed by atoms with E-state index < -0.39 is 0 Å².